The van der Waals surface area contributed by atoms with Crippen LogP contribution in [-0.2, 0) is 4.52 Å². The predicted molar refractivity (Wildman–Crippen MR) is 263 cm³/mol. The maximum atomic E-state index is 7.30. The lowest BCUT2D eigenvalue weighted by Gasteiger charge is -2.29. The summed E-state index contributed by atoms with van der Waals surface area (Å²) in [6.07, 6.45) is 5.71. The Hall–Kier alpha value is -5.02. The average molecular weight is 873 g/mol. The number of hydrogen-bond acceptors (Lipinski definition) is 6. The number of hydrogen-bond donors (Lipinski definition) is 0. The fraction of sp³-hybridized carbons (Fsp3) is 0.333. The zero-order valence-electron chi connectivity index (χ0n) is 39.8. The lowest BCUT2D eigenvalue weighted by molar-refractivity contribution is 0.330. The van der Waals surface area contributed by atoms with Crippen molar-refractivity contribution in [3.8, 4) is 39.9 Å². The van der Waals surface area contributed by atoms with E-state index in [0.717, 1.165) is 83.5 Å². The second-order valence-corrected chi connectivity index (χ2v) is 19.2. The molecule has 0 aliphatic rings. The van der Waals surface area contributed by atoms with Crippen LogP contribution in [0.4, 0.5) is 0 Å². The summed E-state index contributed by atoms with van der Waals surface area (Å²) in [6, 6.07) is 22.9. The van der Waals surface area contributed by atoms with E-state index in [1.165, 1.54) is 0 Å². The zero-order valence-corrected chi connectivity index (χ0v) is 41.6. The van der Waals surface area contributed by atoms with Gasteiger partial charge < -0.3 is 27.1 Å². The molecule has 8 heteroatoms. The van der Waals surface area contributed by atoms with Gasteiger partial charge in [-0.05, 0) is 169 Å². The van der Waals surface area contributed by atoms with Gasteiger partial charge in [0.25, 0.3) is 0 Å². The Labute approximate surface area is 375 Å². The molecule has 5 aromatic carbocycles. The molecule has 0 aliphatic heterocycles. The van der Waals surface area contributed by atoms with E-state index < -0.39 is 17.2 Å². The number of allylic oxidation sites excluding steroid dienone is 5. The molecule has 0 spiro atoms. The van der Waals surface area contributed by atoms with Gasteiger partial charge >= 0.3 is 17.2 Å². The Balaban J connectivity index is 1.79. The summed E-state index contributed by atoms with van der Waals surface area (Å²) in [5.41, 5.74) is 15.8. The first-order valence-corrected chi connectivity index (χ1v) is 23.6. The van der Waals surface area contributed by atoms with Crippen LogP contribution in [0.1, 0.15) is 120 Å². The van der Waals surface area contributed by atoms with E-state index in [4.69, 9.17) is 27.1 Å². The van der Waals surface area contributed by atoms with Crippen LogP contribution in [0, 0.1) is 69.2 Å². The first kappa shape index (κ1) is 48.0. The minimum atomic E-state index is -2.04. The number of aryl methyl sites for hydroxylation is 8. The van der Waals surface area contributed by atoms with Crippen LogP contribution in [0.2, 0.25) is 0 Å². The van der Waals surface area contributed by atoms with Crippen LogP contribution in [0.15, 0.2) is 103 Å². The van der Waals surface area contributed by atoms with Crippen LogP contribution in [-0.4, -0.2) is 0 Å². The minimum absolute atomic E-state index is 0.0905. The van der Waals surface area contributed by atoms with Gasteiger partial charge in [0, 0.05) is 11.1 Å². The highest BCUT2D eigenvalue weighted by Crippen LogP contribution is 2.56. The minimum Gasteiger partial charge on any atom is -0.413 e. The Bertz CT molecular complexity index is 2440. The lowest BCUT2D eigenvalue weighted by atomic mass is 9.84. The van der Waals surface area contributed by atoms with Crippen LogP contribution < -0.4 is 22.6 Å². The molecule has 0 heterocycles. The molecule has 0 N–H and O–H groups in total. The van der Waals surface area contributed by atoms with Gasteiger partial charge in [0.15, 0.2) is 0 Å². The van der Waals surface area contributed by atoms with E-state index in [1.54, 1.807) is 0 Å². The summed E-state index contributed by atoms with van der Waals surface area (Å²) >= 11 is 0. The fourth-order valence-electron chi connectivity index (χ4n) is 7.17. The van der Waals surface area contributed by atoms with Gasteiger partial charge in [-0.3, -0.25) is 0 Å². The molecule has 5 rings (SSSR count). The van der Waals surface area contributed by atoms with Crippen LogP contribution in [0.25, 0.3) is 11.1 Å². The first-order chi connectivity index (χ1) is 29.3. The molecule has 0 amide bonds. The third-order valence-electron chi connectivity index (χ3n) is 11.1. The van der Waals surface area contributed by atoms with Crippen molar-refractivity contribution >= 4 is 17.2 Å². The topological polar surface area (TPSA) is 55.4 Å². The second kappa shape index (κ2) is 20.9. The summed E-state index contributed by atoms with van der Waals surface area (Å²) in [4.78, 5) is 0. The van der Waals surface area contributed by atoms with Crippen LogP contribution in [0.3, 0.4) is 0 Å². The molecular formula is C54H66O6P2. The van der Waals surface area contributed by atoms with E-state index in [0.29, 0.717) is 34.5 Å². The summed E-state index contributed by atoms with van der Waals surface area (Å²) < 4.78 is 41.6. The smallest absolute Gasteiger partial charge is 0.413 e. The SMILES string of the molecule is C=C/C(C)=C\C=C(/C)OP(Oc1ccc(C)cc1C)Oc1c(C(C)C)cc(C)c(C)c1-c1c(C)c(C)cc(C(C)C)c1OP(Oc1ccc(C)cc1C)Oc1ccc(C)cc1C. The second-order valence-electron chi connectivity index (χ2n) is 17.2. The van der Waals surface area contributed by atoms with Crippen LogP contribution in [0.5, 0.6) is 28.7 Å². The quantitative estimate of drug-likeness (QED) is 0.0527. The summed E-state index contributed by atoms with van der Waals surface area (Å²) in [5.74, 6) is 4.31. The number of rotatable bonds is 17. The highest BCUT2D eigenvalue weighted by Gasteiger charge is 2.33. The van der Waals surface area contributed by atoms with Gasteiger partial charge in [0.1, 0.15) is 34.5 Å². The highest BCUT2D eigenvalue weighted by atomic mass is 31.2. The maximum Gasteiger partial charge on any atom is 0.530 e. The van der Waals surface area contributed by atoms with Gasteiger partial charge in [0.05, 0.1) is 0 Å². The normalized spacial score (nSPS) is 12.5. The molecular weight excluding hydrogens is 807 g/mol. The molecule has 0 saturated heterocycles. The molecule has 0 aromatic heterocycles. The number of benzene rings is 5. The van der Waals surface area contributed by atoms with Gasteiger partial charge in [-0.25, -0.2) is 0 Å². The molecule has 0 bridgehead atoms. The average Bonchev–Trinajstić information content (AvgIpc) is 3.20. The molecule has 0 radical (unpaired) electrons. The third kappa shape index (κ3) is 11.7. The molecule has 6 nitrogen and oxygen atoms in total. The van der Waals surface area contributed by atoms with Crippen molar-refractivity contribution in [2.75, 3.05) is 0 Å². The highest BCUT2D eigenvalue weighted by molar-refractivity contribution is 7.43. The van der Waals surface area contributed by atoms with E-state index in [2.05, 4.69) is 139 Å². The molecule has 62 heavy (non-hydrogen) atoms. The Morgan fingerprint density at radius 3 is 1.21 bits per heavy atom. The van der Waals surface area contributed by atoms with Gasteiger partial charge in [-0.15, -0.1) is 0 Å². The Morgan fingerprint density at radius 2 is 0.855 bits per heavy atom. The van der Waals surface area contributed by atoms with E-state index >= 15 is 0 Å². The predicted octanol–water partition coefficient (Wildman–Crippen LogP) is 17.2. The zero-order chi connectivity index (χ0) is 45.6. The molecule has 1 atom stereocenters. The Kier molecular flexibility index (Phi) is 16.2. The molecule has 328 valence electrons. The third-order valence-corrected chi connectivity index (χ3v) is 13.3. The van der Waals surface area contributed by atoms with Gasteiger partial charge in [-0.1, -0.05) is 117 Å². The van der Waals surface area contributed by atoms with Crippen LogP contribution >= 0.6 is 17.2 Å². The maximum absolute atomic E-state index is 7.30. The van der Waals surface area contributed by atoms with Crippen molar-refractivity contribution in [3.05, 3.63) is 170 Å². The van der Waals surface area contributed by atoms with Crippen molar-refractivity contribution in [3.63, 3.8) is 0 Å². The molecule has 1 unspecified atom stereocenters. The van der Waals surface area contributed by atoms with Crippen molar-refractivity contribution in [1.82, 2.24) is 0 Å². The molecule has 0 fully saturated rings. The Morgan fingerprint density at radius 1 is 0.484 bits per heavy atom. The van der Waals surface area contributed by atoms with Crippen molar-refractivity contribution in [2.24, 2.45) is 0 Å². The molecule has 0 saturated carbocycles. The van der Waals surface area contributed by atoms with E-state index in [1.807, 2.05) is 63.3 Å². The van der Waals surface area contributed by atoms with Crippen molar-refractivity contribution < 1.29 is 27.1 Å². The van der Waals surface area contributed by atoms with E-state index in [9.17, 15) is 0 Å². The molecule has 5 aromatic rings. The largest absolute Gasteiger partial charge is 0.530 e. The summed E-state index contributed by atoms with van der Waals surface area (Å²) in [5, 5.41) is 0. The standard InChI is InChI=1S/C54H66O6P2/c1-18-34(6)19-23-43(15)55-61(56-48-24-20-35(7)27-40(48)12)59-53-46(32(2)3)30-38(10)44(16)51(53)52-45(17)39(11)31-47(33(4)5)54(52)60-62(57-49-25-21-36(8)28-41(49)13)58-50-26-22-37(9)29-42(50)14/h18-33H,1H2,2-17H3/b34-19-,43-23+. The summed E-state index contributed by atoms with van der Waals surface area (Å²) in [6.45, 7) is 37.6. The summed E-state index contributed by atoms with van der Waals surface area (Å²) in [7, 11) is -4.08. The monoisotopic (exact) mass is 872 g/mol. The van der Waals surface area contributed by atoms with Crippen molar-refractivity contribution in [1.29, 1.82) is 0 Å². The lowest BCUT2D eigenvalue weighted by Crippen LogP contribution is -2.10. The first-order valence-electron chi connectivity index (χ1n) is 21.4. The van der Waals surface area contributed by atoms with Gasteiger partial charge in [-0.2, -0.15) is 0 Å². The van der Waals surface area contributed by atoms with Gasteiger partial charge in [0.2, 0.25) is 0 Å². The van der Waals surface area contributed by atoms with Crippen molar-refractivity contribution in [2.45, 2.75) is 123 Å². The van der Waals surface area contributed by atoms with E-state index in [-0.39, 0.29) is 11.8 Å². The fourth-order valence-corrected chi connectivity index (χ4v) is 9.47. The molecule has 0 aliphatic carbocycles.